The lowest BCUT2D eigenvalue weighted by Crippen LogP contribution is -2.17. The highest BCUT2D eigenvalue weighted by atomic mass is 127. The second-order valence-corrected chi connectivity index (χ2v) is 7.51. The van der Waals surface area contributed by atoms with Crippen molar-refractivity contribution >= 4 is 57.3 Å². The fourth-order valence-electron chi connectivity index (χ4n) is 2.13. The lowest BCUT2D eigenvalue weighted by molar-refractivity contribution is 0.0954. The first kappa shape index (κ1) is 21.5. The Hall–Kier alpha value is -1.82. The van der Waals surface area contributed by atoms with Crippen LogP contribution in [0.15, 0.2) is 48.1 Å². The normalized spacial score (nSPS) is 10.5. The van der Waals surface area contributed by atoms with Gasteiger partial charge in [-0.15, -0.1) is 0 Å². The number of nitrogens with zero attached hydrogens (tertiary/aromatic N) is 1. The molecule has 0 aliphatic heterocycles. The fourth-order valence-corrected chi connectivity index (χ4v) is 3.46. The van der Waals surface area contributed by atoms with Gasteiger partial charge in [-0.25, -0.2) is 5.43 Å². The van der Waals surface area contributed by atoms with Crippen LogP contribution in [0.2, 0.25) is 0 Å². The number of carbonyl (C=O) groups excluding carboxylic acids is 1. The Bertz CT molecular complexity index is 869. The van der Waals surface area contributed by atoms with Gasteiger partial charge in [0.05, 0.1) is 27.6 Å². The van der Waals surface area contributed by atoms with Crippen LogP contribution in [-0.4, -0.2) is 32.9 Å². The Kier molecular flexibility index (Phi) is 8.35. The minimum atomic E-state index is -0.325. The van der Waals surface area contributed by atoms with Crippen LogP contribution < -0.4 is 19.6 Å². The van der Waals surface area contributed by atoms with Gasteiger partial charge in [-0.2, -0.15) is 5.10 Å². The summed E-state index contributed by atoms with van der Waals surface area (Å²) >= 11 is 4.30. The molecule has 0 unspecified atom stereocenters. The van der Waals surface area contributed by atoms with Crippen molar-refractivity contribution in [2.45, 2.75) is 0 Å². The number of benzene rings is 2. The molecule has 142 valence electrons. The zero-order valence-corrected chi connectivity index (χ0v) is 19.1. The Morgan fingerprint density at radius 2 is 1.89 bits per heavy atom. The minimum Gasteiger partial charge on any atom is -0.496 e. The van der Waals surface area contributed by atoms with Gasteiger partial charge in [0.2, 0.25) is 0 Å². The zero-order chi connectivity index (χ0) is 19.8. The van der Waals surface area contributed by atoms with Gasteiger partial charge in [-0.1, -0.05) is 12.7 Å². The van der Waals surface area contributed by atoms with E-state index in [2.05, 4.69) is 62.3 Å². The van der Waals surface area contributed by atoms with E-state index in [1.807, 2.05) is 12.1 Å². The fraction of sp³-hybridized carbons (Fsp3) is 0.158. The number of methoxy groups -OCH3 is 2. The first-order valence-electron chi connectivity index (χ1n) is 7.78. The van der Waals surface area contributed by atoms with Crippen LogP contribution in [0.3, 0.4) is 0 Å². The van der Waals surface area contributed by atoms with Crippen LogP contribution in [0, 0.1) is 7.14 Å². The standard InChI is InChI=1S/C19H18I2N2O4/c1-4-7-27-18-15(21)8-12(9-17(18)26-3)11-22-23-19(24)13-5-6-14(20)16(10-13)25-2/h4-6,8-11H,1,7H2,2-3H3,(H,23,24)/b22-11+. The Morgan fingerprint density at radius 1 is 1.15 bits per heavy atom. The van der Waals surface area contributed by atoms with E-state index >= 15 is 0 Å². The van der Waals surface area contributed by atoms with Gasteiger partial charge in [0.15, 0.2) is 11.5 Å². The van der Waals surface area contributed by atoms with Crippen LogP contribution in [0.1, 0.15) is 15.9 Å². The number of hydrogen-bond acceptors (Lipinski definition) is 5. The smallest absolute Gasteiger partial charge is 0.271 e. The van der Waals surface area contributed by atoms with Crippen LogP contribution in [-0.2, 0) is 0 Å². The average molecular weight is 592 g/mol. The SMILES string of the molecule is C=CCOc1c(I)cc(/C=N/NC(=O)c2ccc(I)c(OC)c2)cc1OC. The molecule has 0 spiro atoms. The summed E-state index contributed by atoms with van der Waals surface area (Å²) in [5.74, 6) is 1.54. The molecule has 2 rings (SSSR count). The largest absolute Gasteiger partial charge is 0.496 e. The summed E-state index contributed by atoms with van der Waals surface area (Å²) in [5.41, 5.74) is 3.74. The first-order valence-corrected chi connectivity index (χ1v) is 9.94. The van der Waals surface area contributed by atoms with Gasteiger partial charge in [0.25, 0.3) is 5.91 Å². The predicted molar refractivity (Wildman–Crippen MR) is 122 cm³/mol. The van der Waals surface area contributed by atoms with Gasteiger partial charge < -0.3 is 14.2 Å². The summed E-state index contributed by atoms with van der Waals surface area (Å²) in [4.78, 5) is 12.2. The molecule has 0 saturated heterocycles. The molecule has 0 fully saturated rings. The monoisotopic (exact) mass is 592 g/mol. The quantitative estimate of drug-likeness (QED) is 0.216. The van der Waals surface area contributed by atoms with Crippen LogP contribution >= 0.6 is 45.2 Å². The molecular weight excluding hydrogens is 574 g/mol. The number of rotatable bonds is 8. The molecule has 0 bridgehead atoms. The number of halogens is 2. The molecule has 0 aliphatic carbocycles. The lowest BCUT2D eigenvalue weighted by Gasteiger charge is -2.12. The number of carbonyl (C=O) groups is 1. The van der Waals surface area contributed by atoms with E-state index in [0.29, 0.717) is 29.4 Å². The summed E-state index contributed by atoms with van der Waals surface area (Å²) in [5, 5.41) is 4.02. The van der Waals surface area contributed by atoms with Crippen molar-refractivity contribution in [2.75, 3.05) is 20.8 Å². The molecule has 0 aromatic heterocycles. The van der Waals surface area contributed by atoms with Gasteiger partial charge in [-0.3, -0.25) is 4.79 Å². The lowest BCUT2D eigenvalue weighted by atomic mass is 10.2. The second-order valence-electron chi connectivity index (χ2n) is 5.18. The highest BCUT2D eigenvalue weighted by Gasteiger charge is 2.11. The van der Waals surface area contributed by atoms with Crippen LogP contribution in [0.5, 0.6) is 17.2 Å². The molecule has 0 saturated carbocycles. The van der Waals surface area contributed by atoms with E-state index in [1.54, 1.807) is 44.7 Å². The summed E-state index contributed by atoms with van der Waals surface area (Å²) in [6, 6.07) is 8.86. The van der Waals surface area contributed by atoms with Crippen molar-refractivity contribution < 1.29 is 19.0 Å². The van der Waals surface area contributed by atoms with Crippen molar-refractivity contribution in [1.82, 2.24) is 5.43 Å². The number of nitrogens with one attached hydrogen (secondary N) is 1. The Labute approximate surface area is 185 Å². The maximum absolute atomic E-state index is 12.2. The van der Waals surface area contributed by atoms with Crippen molar-refractivity contribution in [2.24, 2.45) is 5.10 Å². The third kappa shape index (κ3) is 5.83. The maximum atomic E-state index is 12.2. The van der Waals surface area contributed by atoms with Crippen molar-refractivity contribution in [3.63, 3.8) is 0 Å². The highest BCUT2D eigenvalue weighted by molar-refractivity contribution is 14.1. The van der Waals surface area contributed by atoms with Gasteiger partial charge >= 0.3 is 0 Å². The van der Waals surface area contributed by atoms with E-state index in [4.69, 9.17) is 14.2 Å². The third-order valence-electron chi connectivity index (χ3n) is 3.39. The summed E-state index contributed by atoms with van der Waals surface area (Å²) in [6.07, 6.45) is 3.21. The topological polar surface area (TPSA) is 69.2 Å². The van der Waals surface area contributed by atoms with E-state index in [-0.39, 0.29) is 5.91 Å². The summed E-state index contributed by atoms with van der Waals surface area (Å²) in [7, 11) is 3.13. The van der Waals surface area contributed by atoms with E-state index in [1.165, 1.54) is 0 Å². The molecule has 1 amide bonds. The molecule has 2 aromatic carbocycles. The predicted octanol–water partition coefficient (Wildman–Crippen LogP) is 4.24. The molecule has 6 nitrogen and oxygen atoms in total. The van der Waals surface area contributed by atoms with Gasteiger partial charge in [0.1, 0.15) is 12.4 Å². The first-order chi connectivity index (χ1) is 13.0. The molecule has 2 aromatic rings. The van der Waals surface area contributed by atoms with Gasteiger partial charge in [0, 0.05) is 5.56 Å². The van der Waals surface area contributed by atoms with Crippen LogP contribution in [0.4, 0.5) is 0 Å². The molecule has 1 N–H and O–H groups in total. The van der Waals surface area contributed by atoms with E-state index in [0.717, 1.165) is 12.7 Å². The molecule has 8 heteroatoms. The minimum absolute atomic E-state index is 0.325. The van der Waals surface area contributed by atoms with Crippen LogP contribution in [0.25, 0.3) is 0 Å². The Balaban J connectivity index is 2.12. The number of hydrogen-bond donors (Lipinski definition) is 1. The third-order valence-corrected chi connectivity index (χ3v) is 5.08. The van der Waals surface area contributed by atoms with E-state index < -0.39 is 0 Å². The maximum Gasteiger partial charge on any atom is 0.271 e. The number of hydrazone groups is 1. The van der Waals surface area contributed by atoms with Crippen molar-refractivity contribution in [1.29, 1.82) is 0 Å². The molecule has 0 atom stereocenters. The molecule has 0 aliphatic rings. The summed E-state index contributed by atoms with van der Waals surface area (Å²) in [6.45, 7) is 4.02. The van der Waals surface area contributed by atoms with Crippen molar-refractivity contribution in [3.05, 3.63) is 61.3 Å². The number of amides is 1. The highest BCUT2D eigenvalue weighted by Crippen LogP contribution is 2.33. The Morgan fingerprint density at radius 3 is 2.56 bits per heavy atom. The average Bonchev–Trinajstić information content (AvgIpc) is 2.67. The van der Waals surface area contributed by atoms with E-state index in [9.17, 15) is 4.79 Å². The zero-order valence-electron chi connectivity index (χ0n) is 14.8. The number of ether oxygens (including phenoxy) is 3. The molecule has 0 heterocycles. The van der Waals surface area contributed by atoms with Crippen molar-refractivity contribution in [3.8, 4) is 17.2 Å². The van der Waals surface area contributed by atoms with Gasteiger partial charge in [-0.05, 0) is 81.1 Å². The second kappa shape index (κ2) is 10.5. The summed E-state index contributed by atoms with van der Waals surface area (Å²) < 4.78 is 18.0. The molecule has 0 radical (unpaired) electrons. The molecular formula is C19H18I2N2O4. The molecule has 27 heavy (non-hydrogen) atoms.